The van der Waals surface area contributed by atoms with Crippen LogP contribution in [0.4, 0.5) is 0 Å². The van der Waals surface area contributed by atoms with Gasteiger partial charge < -0.3 is 10.2 Å². The van der Waals surface area contributed by atoms with Crippen molar-refractivity contribution >= 4 is 5.91 Å². The standard InChI is InChI=1S/C14H20N2O/c1-11-5-4-6-12(9-11)13(17)16-8-7-15-10-14(16,2)3/h4-6,9,15H,7-8,10H2,1-3H3. The number of aryl methyl sites for hydroxylation is 1. The largest absolute Gasteiger partial charge is 0.331 e. The van der Waals surface area contributed by atoms with Crippen molar-refractivity contribution in [2.75, 3.05) is 19.6 Å². The van der Waals surface area contributed by atoms with Crippen LogP contribution >= 0.6 is 0 Å². The van der Waals surface area contributed by atoms with Crippen molar-refractivity contribution in [2.45, 2.75) is 26.3 Å². The quantitative estimate of drug-likeness (QED) is 0.801. The summed E-state index contributed by atoms with van der Waals surface area (Å²) in [4.78, 5) is 14.4. The maximum Gasteiger partial charge on any atom is 0.254 e. The van der Waals surface area contributed by atoms with Gasteiger partial charge in [0.1, 0.15) is 0 Å². The van der Waals surface area contributed by atoms with Crippen LogP contribution in [0.25, 0.3) is 0 Å². The van der Waals surface area contributed by atoms with E-state index < -0.39 is 0 Å². The summed E-state index contributed by atoms with van der Waals surface area (Å²) in [6.07, 6.45) is 0. The molecule has 0 spiro atoms. The van der Waals surface area contributed by atoms with E-state index in [0.717, 1.165) is 30.8 Å². The Morgan fingerprint density at radius 1 is 1.41 bits per heavy atom. The molecule has 1 saturated heterocycles. The van der Waals surface area contributed by atoms with Gasteiger partial charge in [-0.15, -0.1) is 0 Å². The molecule has 2 rings (SSSR count). The summed E-state index contributed by atoms with van der Waals surface area (Å²) in [6, 6.07) is 7.81. The molecule has 1 aliphatic rings. The minimum Gasteiger partial charge on any atom is -0.331 e. The SMILES string of the molecule is Cc1cccc(C(=O)N2CCNCC2(C)C)c1. The monoisotopic (exact) mass is 232 g/mol. The van der Waals surface area contributed by atoms with Gasteiger partial charge in [-0.1, -0.05) is 17.7 Å². The van der Waals surface area contributed by atoms with Gasteiger partial charge in [0.05, 0.1) is 5.54 Å². The van der Waals surface area contributed by atoms with Crippen LogP contribution in [-0.2, 0) is 0 Å². The number of amides is 1. The molecule has 0 atom stereocenters. The Kier molecular flexibility index (Phi) is 3.20. The molecule has 0 unspecified atom stereocenters. The second kappa shape index (κ2) is 4.49. The third kappa shape index (κ3) is 2.50. The van der Waals surface area contributed by atoms with Gasteiger partial charge in [0.15, 0.2) is 0 Å². The molecule has 3 heteroatoms. The molecule has 0 aromatic heterocycles. The summed E-state index contributed by atoms with van der Waals surface area (Å²) in [5, 5.41) is 3.33. The summed E-state index contributed by atoms with van der Waals surface area (Å²) in [6.45, 7) is 8.73. The van der Waals surface area contributed by atoms with Crippen LogP contribution in [-0.4, -0.2) is 36.0 Å². The van der Waals surface area contributed by atoms with Gasteiger partial charge in [-0.3, -0.25) is 4.79 Å². The minimum atomic E-state index is -0.112. The molecule has 17 heavy (non-hydrogen) atoms. The highest BCUT2D eigenvalue weighted by Gasteiger charge is 2.33. The maximum absolute atomic E-state index is 12.5. The van der Waals surface area contributed by atoms with Crippen molar-refractivity contribution in [3.8, 4) is 0 Å². The molecule has 92 valence electrons. The molecule has 0 saturated carbocycles. The zero-order valence-corrected chi connectivity index (χ0v) is 10.8. The first-order valence-electron chi connectivity index (χ1n) is 6.10. The topological polar surface area (TPSA) is 32.3 Å². The predicted octanol–water partition coefficient (Wildman–Crippen LogP) is 1.82. The fourth-order valence-corrected chi connectivity index (χ4v) is 2.29. The Hall–Kier alpha value is -1.35. The molecule has 1 aliphatic heterocycles. The average Bonchev–Trinajstić information content (AvgIpc) is 2.27. The fraction of sp³-hybridized carbons (Fsp3) is 0.500. The van der Waals surface area contributed by atoms with Crippen molar-refractivity contribution < 1.29 is 4.79 Å². The summed E-state index contributed by atoms with van der Waals surface area (Å²) >= 11 is 0. The molecule has 1 heterocycles. The highest BCUT2D eigenvalue weighted by molar-refractivity contribution is 5.95. The van der Waals surface area contributed by atoms with Crippen LogP contribution in [0.15, 0.2) is 24.3 Å². The van der Waals surface area contributed by atoms with E-state index in [9.17, 15) is 4.79 Å². The summed E-state index contributed by atoms with van der Waals surface area (Å²) in [7, 11) is 0. The van der Waals surface area contributed by atoms with Crippen LogP contribution < -0.4 is 5.32 Å². The smallest absolute Gasteiger partial charge is 0.254 e. The van der Waals surface area contributed by atoms with Gasteiger partial charge >= 0.3 is 0 Å². The van der Waals surface area contributed by atoms with E-state index >= 15 is 0 Å². The molecule has 1 amide bonds. The van der Waals surface area contributed by atoms with Crippen molar-refractivity contribution in [3.63, 3.8) is 0 Å². The molecule has 0 aliphatic carbocycles. The van der Waals surface area contributed by atoms with Crippen LogP contribution in [0.1, 0.15) is 29.8 Å². The van der Waals surface area contributed by atoms with Crippen LogP contribution in [0.3, 0.4) is 0 Å². The molecule has 1 N–H and O–H groups in total. The van der Waals surface area contributed by atoms with Gasteiger partial charge in [-0.2, -0.15) is 0 Å². The van der Waals surface area contributed by atoms with Gasteiger partial charge in [-0.25, -0.2) is 0 Å². The van der Waals surface area contributed by atoms with Crippen molar-refractivity contribution in [1.29, 1.82) is 0 Å². The molecule has 1 fully saturated rings. The van der Waals surface area contributed by atoms with Gasteiger partial charge in [-0.05, 0) is 32.9 Å². The molecule has 0 radical (unpaired) electrons. The lowest BCUT2D eigenvalue weighted by molar-refractivity contribution is 0.0477. The van der Waals surface area contributed by atoms with E-state index in [1.807, 2.05) is 36.1 Å². The van der Waals surface area contributed by atoms with E-state index in [1.54, 1.807) is 0 Å². The van der Waals surface area contributed by atoms with E-state index in [0.29, 0.717) is 0 Å². The first-order valence-corrected chi connectivity index (χ1v) is 6.10. The summed E-state index contributed by atoms with van der Waals surface area (Å²) in [5.74, 6) is 0.139. The average molecular weight is 232 g/mol. The third-order valence-electron chi connectivity index (χ3n) is 3.31. The van der Waals surface area contributed by atoms with Crippen LogP contribution in [0, 0.1) is 6.92 Å². The summed E-state index contributed by atoms with van der Waals surface area (Å²) < 4.78 is 0. The Bertz CT molecular complexity index is 426. The van der Waals surface area contributed by atoms with Gasteiger partial charge in [0.25, 0.3) is 5.91 Å². The van der Waals surface area contributed by atoms with Crippen molar-refractivity contribution in [3.05, 3.63) is 35.4 Å². The number of rotatable bonds is 1. The Balaban J connectivity index is 2.25. The number of nitrogens with one attached hydrogen (secondary N) is 1. The Morgan fingerprint density at radius 3 is 2.82 bits per heavy atom. The third-order valence-corrected chi connectivity index (χ3v) is 3.31. The number of hydrogen-bond acceptors (Lipinski definition) is 2. The molecular formula is C14H20N2O. The normalized spacial score (nSPS) is 19.1. The zero-order valence-electron chi connectivity index (χ0n) is 10.8. The lowest BCUT2D eigenvalue weighted by Gasteiger charge is -2.42. The van der Waals surface area contributed by atoms with E-state index in [2.05, 4.69) is 19.2 Å². The molecular weight excluding hydrogens is 212 g/mol. The fourth-order valence-electron chi connectivity index (χ4n) is 2.29. The molecule has 3 nitrogen and oxygen atoms in total. The second-order valence-corrected chi connectivity index (χ2v) is 5.32. The first-order chi connectivity index (χ1) is 8.00. The number of nitrogens with zero attached hydrogens (tertiary/aromatic N) is 1. The number of carbonyl (C=O) groups excluding carboxylic acids is 1. The highest BCUT2D eigenvalue weighted by Crippen LogP contribution is 2.19. The number of piperazine rings is 1. The Morgan fingerprint density at radius 2 is 2.18 bits per heavy atom. The highest BCUT2D eigenvalue weighted by atomic mass is 16.2. The maximum atomic E-state index is 12.5. The number of benzene rings is 1. The van der Waals surface area contributed by atoms with Crippen molar-refractivity contribution in [2.24, 2.45) is 0 Å². The molecule has 0 bridgehead atoms. The van der Waals surface area contributed by atoms with Crippen LogP contribution in [0.2, 0.25) is 0 Å². The van der Waals surface area contributed by atoms with Crippen LogP contribution in [0.5, 0.6) is 0 Å². The molecule has 1 aromatic rings. The van der Waals surface area contributed by atoms with E-state index in [1.165, 1.54) is 0 Å². The summed E-state index contributed by atoms with van der Waals surface area (Å²) in [5.41, 5.74) is 1.81. The predicted molar refractivity (Wildman–Crippen MR) is 69.2 cm³/mol. The van der Waals surface area contributed by atoms with Gasteiger partial charge in [0, 0.05) is 25.2 Å². The number of hydrogen-bond donors (Lipinski definition) is 1. The zero-order chi connectivity index (χ0) is 12.5. The number of carbonyl (C=O) groups is 1. The van der Waals surface area contributed by atoms with E-state index in [-0.39, 0.29) is 11.4 Å². The Labute approximate surface area is 103 Å². The lowest BCUT2D eigenvalue weighted by atomic mass is 9.98. The molecule has 1 aromatic carbocycles. The van der Waals surface area contributed by atoms with Gasteiger partial charge in [0.2, 0.25) is 0 Å². The van der Waals surface area contributed by atoms with Crippen molar-refractivity contribution in [1.82, 2.24) is 10.2 Å². The lowest BCUT2D eigenvalue weighted by Crippen LogP contribution is -2.59. The van der Waals surface area contributed by atoms with E-state index in [4.69, 9.17) is 0 Å². The minimum absolute atomic E-state index is 0.112. The first kappa shape index (κ1) is 12.1. The second-order valence-electron chi connectivity index (χ2n) is 5.32.